The molecule has 0 radical (unpaired) electrons. The molecule has 142 valence electrons. The van der Waals surface area contributed by atoms with Gasteiger partial charge in [0.2, 0.25) is 11.8 Å². The van der Waals surface area contributed by atoms with Crippen LogP contribution >= 0.6 is 0 Å². The highest BCUT2D eigenvalue weighted by Gasteiger charge is 2.32. The predicted molar refractivity (Wildman–Crippen MR) is 98.8 cm³/mol. The largest absolute Gasteiger partial charge is 0.355 e. The lowest BCUT2D eigenvalue weighted by Gasteiger charge is -2.43. The molecule has 27 heavy (non-hydrogen) atoms. The van der Waals surface area contributed by atoms with Crippen molar-refractivity contribution in [1.29, 1.82) is 0 Å². The van der Waals surface area contributed by atoms with Gasteiger partial charge in [0.05, 0.1) is 5.69 Å². The Morgan fingerprint density at radius 1 is 1.26 bits per heavy atom. The lowest BCUT2D eigenvalue weighted by molar-refractivity contribution is 0.405. The van der Waals surface area contributed by atoms with Crippen LogP contribution in [0.2, 0.25) is 0 Å². The van der Waals surface area contributed by atoms with Crippen LogP contribution in [-0.4, -0.2) is 56.2 Å². The van der Waals surface area contributed by atoms with Gasteiger partial charge in [-0.05, 0) is 20.8 Å². The molecule has 0 aliphatic carbocycles. The van der Waals surface area contributed by atoms with Crippen molar-refractivity contribution >= 4 is 17.5 Å². The molecule has 0 amide bonds. The number of nitrogens with zero attached hydrogens (tertiary/aromatic N) is 7. The lowest BCUT2D eigenvalue weighted by Crippen LogP contribution is -2.52. The molecule has 4 heterocycles. The lowest BCUT2D eigenvalue weighted by atomic mass is 9.99. The third-order valence-electron chi connectivity index (χ3n) is 5.04. The molecule has 10 heteroatoms. The van der Waals surface area contributed by atoms with Gasteiger partial charge in [0.25, 0.3) is 11.3 Å². The Hall–Kier alpha value is -3.04. The van der Waals surface area contributed by atoms with E-state index in [0.717, 1.165) is 30.2 Å². The van der Waals surface area contributed by atoms with Crippen molar-refractivity contribution in [3.63, 3.8) is 0 Å². The minimum Gasteiger partial charge on any atom is -0.355 e. The Morgan fingerprint density at radius 2 is 2.00 bits per heavy atom. The van der Waals surface area contributed by atoms with Crippen molar-refractivity contribution in [2.45, 2.75) is 20.8 Å². The number of fused-ring (bicyclic) bond motifs is 1. The summed E-state index contributed by atoms with van der Waals surface area (Å²) in [6, 6.07) is 0. The van der Waals surface area contributed by atoms with Gasteiger partial charge in [0.15, 0.2) is 0 Å². The highest BCUT2D eigenvalue weighted by Crippen LogP contribution is 2.29. The molecule has 9 nitrogen and oxygen atoms in total. The van der Waals surface area contributed by atoms with E-state index in [2.05, 4.69) is 29.9 Å². The maximum atomic E-state index is 13.5. The predicted octanol–water partition coefficient (Wildman–Crippen LogP) is 0.845. The maximum absolute atomic E-state index is 13.5. The molecule has 3 aromatic heterocycles. The van der Waals surface area contributed by atoms with Gasteiger partial charge in [-0.2, -0.15) is 19.0 Å². The van der Waals surface area contributed by atoms with Crippen molar-refractivity contribution in [3.05, 3.63) is 39.4 Å². The van der Waals surface area contributed by atoms with Crippen LogP contribution in [0, 0.1) is 32.5 Å². The molecular weight excluding hydrogens is 351 g/mol. The van der Waals surface area contributed by atoms with Gasteiger partial charge in [0, 0.05) is 43.9 Å². The Bertz CT molecular complexity index is 1070. The first-order chi connectivity index (χ1) is 12.8. The fourth-order valence-corrected chi connectivity index (χ4v) is 3.46. The number of aryl methyl sites for hydroxylation is 2. The SMILES string of the molecule is Cc1nc2ncnn2c(N2CC(CN(C)c3nc(C)c(F)c(=O)[nH]3)C2)c1C. The summed E-state index contributed by atoms with van der Waals surface area (Å²) in [5.41, 5.74) is 1.39. The van der Waals surface area contributed by atoms with Crippen molar-refractivity contribution in [3.8, 4) is 0 Å². The van der Waals surface area contributed by atoms with E-state index in [-0.39, 0.29) is 5.69 Å². The molecular formula is C17H21FN8O. The second-order valence-corrected chi connectivity index (χ2v) is 7.06. The number of hydrogen-bond donors (Lipinski definition) is 1. The maximum Gasteiger partial charge on any atom is 0.288 e. The smallest absolute Gasteiger partial charge is 0.288 e. The van der Waals surface area contributed by atoms with Crippen molar-refractivity contribution < 1.29 is 4.39 Å². The molecule has 3 aromatic rings. The average molecular weight is 372 g/mol. The Kier molecular flexibility index (Phi) is 4.05. The fraction of sp³-hybridized carbons (Fsp3) is 0.471. The standard InChI is InChI=1S/C17H21FN8O/c1-9-10(2)21-16-19-8-20-26(16)15(9)25-6-12(7-25)5-24(4)17-22-11(3)13(18)14(27)23-17/h8,12H,5-7H2,1-4H3,(H,22,23,27). The summed E-state index contributed by atoms with van der Waals surface area (Å²) in [6.07, 6.45) is 1.51. The molecule has 0 unspecified atom stereocenters. The van der Waals surface area contributed by atoms with Crippen LogP contribution in [0.15, 0.2) is 11.1 Å². The van der Waals surface area contributed by atoms with Crippen LogP contribution in [0.1, 0.15) is 17.0 Å². The second-order valence-electron chi connectivity index (χ2n) is 7.06. The number of rotatable bonds is 4. The third kappa shape index (κ3) is 2.90. The van der Waals surface area contributed by atoms with E-state index in [9.17, 15) is 9.18 Å². The molecule has 0 spiro atoms. The van der Waals surface area contributed by atoms with Crippen LogP contribution in [0.5, 0.6) is 0 Å². The van der Waals surface area contributed by atoms with Gasteiger partial charge >= 0.3 is 0 Å². The fourth-order valence-electron chi connectivity index (χ4n) is 3.46. The van der Waals surface area contributed by atoms with Gasteiger partial charge in [-0.15, -0.1) is 0 Å². The Balaban J connectivity index is 1.48. The average Bonchev–Trinajstić information content (AvgIpc) is 3.04. The van der Waals surface area contributed by atoms with Gasteiger partial charge in [-0.3, -0.25) is 9.78 Å². The van der Waals surface area contributed by atoms with E-state index in [1.807, 2.05) is 25.8 Å². The molecule has 0 atom stereocenters. The number of aromatic amines is 1. The van der Waals surface area contributed by atoms with E-state index in [0.29, 0.717) is 24.2 Å². The number of aromatic nitrogens is 6. The Labute approximate surface area is 154 Å². The van der Waals surface area contributed by atoms with Crippen LogP contribution < -0.4 is 15.4 Å². The first-order valence-corrected chi connectivity index (χ1v) is 8.74. The monoisotopic (exact) mass is 372 g/mol. The summed E-state index contributed by atoms with van der Waals surface area (Å²) in [4.78, 5) is 31.0. The molecule has 0 aromatic carbocycles. The van der Waals surface area contributed by atoms with Crippen molar-refractivity contribution in [2.24, 2.45) is 5.92 Å². The van der Waals surface area contributed by atoms with Crippen molar-refractivity contribution in [1.82, 2.24) is 29.5 Å². The number of nitrogens with one attached hydrogen (secondary N) is 1. The van der Waals surface area contributed by atoms with E-state index in [1.54, 1.807) is 4.52 Å². The van der Waals surface area contributed by atoms with Crippen LogP contribution in [0.3, 0.4) is 0 Å². The number of H-pyrrole nitrogens is 1. The van der Waals surface area contributed by atoms with Crippen LogP contribution in [-0.2, 0) is 0 Å². The number of anilines is 2. The quantitative estimate of drug-likeness (QED) is 0.725. The molecule has 1 N–H and O–H groups in total. The zero-order valence-electron chi connectivity index (χ0n) is 15.7. The van der Waals surface area contributed by atoms with Crippen molar-refractivity contribution in [2.75, 3.05) is 36.5 Å². The summed E-state index contributed by atoms with van der Waals surface area (Å²) >= 11 is 0. The summed E-state index contributed by atoms with van der Waals surface area (Å²) in [7, 11) is 1.84. The highest BCUT2D eigenvalue weighted by atomic mass is 19.1. The Morgan fingerprint density at radius 3 is 2.70 bits per heavy atom. The number of halogens is 1. The van der Waals surface area contributed by atoms with Gasteiger partial charge in [-0.25, -0.2) is 9.97 Å². The van der Waals surface area contributed by atoms with Crippen LogP contribution in [0.4, 0.5) is 16.2 Å². The van der Waals surface area contributed by atoms with Gasteiger partial charge in [0.1, 0.15) is 12.1 Å². The summed E-state index contributed by atoms with van der Waals surface area (Å²) in [6.45, 7) is 7.88. The van der Waals surface area contributed by atoms with E-state index < -0.39 is 11.4 Å². The molecule has 0 saturated carbocycles. The van der Waals surface area contributed by atoms with Gasteiger partial charge < -0.3 is 9.80 Å². The minimum atomic E-state index is -0.831. The summed E-state index contributed by atoms with van der Waals surface area (Å²) < 4.78 is 15.2. The summed E-state index contributed by atoms with van der Waals surface area (Å²) in [5, 5.41) is 4.29. The minimum absolute atomic E-state index is 0.104. The summed E-state index contributed by atoms with van der Waals surface area (Å²) in [5.74, 6) is 1.54. The topological polar surface area (TPSA) is 95.3 Å². The number of hydrogen-bond acceptors (Lipinski definition) is 7. The zero-order chi connectivity index (χ0) is 19.3. The van der Waals surface area contributed by atoms with Crippen LogP contribution in [0.25, 0.3) is 5.78 Å². The molecule has 1 saturated heterocycles. The highest BCUT2D eigenvalue weighted by molar-refractivity contribution is 5.55. The van der Waals surface area contributed by atoms with E-state index in [4.69, 9.17) is 0 Å². The van der Waals surface area contributed by atoms with E-state index in [1.165, 1.54) is 13.3 Å². The normalized spacial score (nSPS) is 14.6. The zero-order valence-corrected chi connectivity index (χ0v) is 15.7. The molecule has 1 fully saturated rings. The molecule has 4 rings (SSSR count). The first-order valence-electron chi connectivity index (χ1n) is 8.74. The second kappa shape index (κ2) is 6.29. The first kappa shape index (κ1) is 17.4. The third-order valence-corrected chi connectivity index (χ3v) is 5.04. The molecule has 1 aliphatic heterocycles. The molecule has 1 aliphatic rings. The van der Waals surface area contributed by atoms with Gasteiger partial charge in [-0.1, -0.05) is 0 Å². The van der Waals surface area contributed by atoms with E-state index >= 15 is 0 Å². The molecule has 0 bridgehead atoms.